The maximum atomic E-state index is 10.7. The number of aromatic nitrogens is 3. The van der Waals surface area contributed by atoms with E-state index in [1.807, 2.05) is 24.3 Å². The van der Waals surface area contributed by atoms with Crippen LogP contribution in [-0.4, -0.2) is 26.6 Å². The van der Waals surface area contributed by atoms with Gasteiger partial charge in [-0.3, -0.25) is 14.5 Å². The van der Waals surface area contributed by atoms with Crippen molar-refractivity contribution < 1.29 is 9.66 Å². The van der Waals surface area contributed by atoms with Gasteiger partial charge in [0, 0.05) is 17.8 Å². The summed E-state index contributed by atoms with van der Waals surface area (Å²) < 4.78 is 6.80. The van der Waals surface area contributed by atoms with Crippen molar-refractivity contribution in [3.8, 4) is 17.1 Å². The standard InChI is InChI=1S/C13H10N4O3/c1-20-11-4-2-9(3-5-11)13-15-14-12-8-10(17(18)19)6-7-16(12)13/h2-8H,1H3. The van der Waals surface area contributed by atoms with Crippen LogP contribution in [0.3, 0.4) is 0 Å². The van der Waals surface area contributed by atoms with Crippen molar-refractivity contribution in [2.45, 2.75) is 0 Å². The lowest BCUT2D eigenvalue weighted by atomic mass is 10.2. The zero-order valence-corrected chi connectivity index (χ0v) is 10.6. The Hall–Kier alpha value is -2.96. The number of nitrogens with zero attached hydrogens (tertiary/aromatic N) is 4. The number of ether oxygens (including phenoxy) is 1. The fourth-order valence-corrected chi connectivity index (χ4v) is 1.93. The molecular formula is C13H10N4O3. The Bertz CT molecular complexity index is 780. The number of hydrogen-bond donors (Lipinski definition) is 0. The lowest BCUT2D eigenvalue weighted by Gasteiger charge is -2.02. The number of fused-ring (bicyclic) bond motifs is 1. The summed E-state index contributed by atoms with van der Waals surface area (Å²) in [6.07, 6.45) is 1.59. The zero-order chi connectivity index (χ0) is 14.1. The van der Waals surface area contributed by atoms with Gasteiger partial charge >= 0.3 is 0 Å². The van der Waals surface area contributed by atoms with E-state index in [0.717, 1.165) is 11.3 Å². The van der Waals surface area contributed by atoms with E-state index in [0.29, 0.717) is 11.5 Å². The molecule has 0 saturated carbocycles. The zero-order valence-electron chi connectivity index (χ0n) is 10.6. The quantitative estimate of drug-likeness (QED) is 0.538. The summed E-state index contributed by atoms with van der Waals surface area (Å²) in [4.78, 5) is 10.3. The molecule has 0 atom stereocenters. The van der Waals surface area contributed by atoms with E-state index in [2.05, 4.69) is 10.2 Å². The molecule has 3 rings (SSSR count). The minimum atomic E-state index is -0.457. The highest BCUT2D eigenvalue weighted by Crippen LogP contribution is 2.23. The lowest BCUT2D eigenvalue weighted by Crippen LogP contribution is -1.92. The molecule has 0 fully saturated rings. The molecule has 0 spiro atoms. The van der Waals surface area contributed by atoms with Gasteiger partial charge in [0.2, 0.25) is 0 Å². The fraction of sp³-hybridized carbons (Fsp3) is 0.0769. The minimum absolute atomic E-state index is 0.00817. The molecule has 2 heterocycles. The van der Waals surface area contributed by atoms with Gasteiger partial charge in [0.1, 0.15) is 5.75 Å². The van der Waals surface area contributed by atoms with Gasteiger partial charge in [-0.15, -0.1) is 10.2 Å². The second-order valence-corrected chi connectivity index (χ2v) is 4.12. The molecule has 0 N–H and O–H groups in total. The van der Waals surface area contributed by atoms with Crippen LogP contribution in [0, 0.1) is 10.1 Å². The van der Waals surface area contributed by atoms with Crippen LogP contribution in [0.25, 0.3) is 17.0 Å². The summed E-state index contributed by atoms with van der Waals surface area (Å²) >= 11 is 0. The third kappa shape index (κ3) is 1.95. The number of benzene rings is 1. The van der Waals surface area contributed by atoms with Crippen LogP contribution < -0.4 is 4.74 Å². The molecule has 0 unspecified atom stereocenters. The second-order valence-electron chi connectivity index (χ2n) is 4.12. The second kappa shape index (κ2) is 4.61. The van der Waals surface area contributed by atoms with Gasteiger partial charge in [0.25, 0.3) is 5.69 Å². The Morgan fingerprint density at radius 1 is 1.20 bits per heavy atom. The molecule has 0 bridgehead atoms. The average molecular weight is 270 g/mol. The molecule has 7 nitrogen and oxygen atoms in total. The Kier molecular flexibility index (Phi) is 2.79. The molecule has 3 aromatic rings. The summed E-state index contributed by atoms with van der Waals surface area (Å²) in [5.41, 5.74) is 1.28. The first-order valence-electron chi connectivity index (χ1n) is 5.82. The summed E-state index contributed by atoms with van der Waals surface area (Å²) in [5.74, 6) is 1.37. The largest absolute Gasteiger partial charge is 0.497 e. The minimum Gasteiger partial charge on any atom is -0.497 e. The van der Waals surface area contributed by atoms with E-state index in [1.165, 1.54) is 12.1 Å². The molecule has 0 aliphatic heterocycles. The van der Waals surface area contributed by atoms with Gasteiger partial charge in [0.05, 0.1) is 18.1 Å². The third-order valence-corrected chi connectivity index (χ3v) is 2.95. The summed E-state index contributed by atoms with van der Waals surface area (Å²) in [6, 6.07) is 10.2. The van der Waals surface area contributed by atoms with Gasteiger partial charge in [-0.25, -0.2) is 0 Å². The van der Waals surface area contributed by atoms with Crippen LogP contribution in [0.1, 0.15) is 0 Å². The predicted molar refractivity (Wildman–Crippen MR) is 71.6 cm³/mol. The van der Waals surface area contributed by atoms with Crippen molar-refractivity contribution in [2.24, 2.45) is 0 Å². The third-order valence-electron chi connectivity index (χ3n) is 2.95. The van der Waals surface area contributed by atoms with Gasteiger partial charge in [-0.2, -0.15) is 0 Å². The number of pyridine rings is 1. The fourth-order valence-electron chi connectivity index (χ4n) is 1.93. The number of nitro groups is 1. The van der Waals surface area contributed by atoms with Crippen molar-refractivity contribution in [1.82, 2.24) is 14.6 Å². The van der Waals surface area contributed by atoms with Crippen molar-refractivity contribution in [2.75, 3.05) is 7.11 Å². The molecule has 20 heavy (non-hydrogen) atoms. The lowest BCUT2D eigenvalue weighted by molar-refractivity contribution is -0.384. The van der Waals surface area contributed by atoms with Crippen molar-refractivity contribution >= 4 is 11.3 Å². The summed E-state index contributed by atoms with van der Waals surface area (Å²) in [6.45, 7) is 0. The topological polar surface area (TPSA) is 82.6 Å². The van der Waals surface area contributed by atoms with E-state index < -0.39 is 4.92 Å². The molecule has 2 aromatic heterocycles. The van der Waals surface area contributed by atoms with Crippen LogP contribution in [0.5, 0.6) is 5.75 Å². The first-order chi connectivity index (χ1) is 9.69. The first-order valence-corrected chi connectivity index (χ1v) is 5.82. The Balaban J connectivity index is 2.09. The van der Waals surface area contributed by atoms with Gasteiger partial charge in [-0.05, 0) is 24.3 Å². The van der Waals surface area contributed by atoms with E-state index in [-0.39, 0.29) is 5.69 Å². The van der Waals surface area contributed by atoms with Crippen LogP contribution in [0.2, 0.25) is 0 Å². The van der Waals surface area contributed by atoms with Gasteiger partial charge < -0.3 is 4.74 Å². The van der Waals surface area contributed by atoms with E-state index in [4.69, 9.17) is 4.74 Å². The van der Waals surface area contributed by atoms with Crippen LogP contribution in [-0.2, 0) is 0 Å². The van der Waals surface area contributed by atoms with Crippen LogP contribution in [0.4, 0.5) is 5.69 Å². The molecule has 0 amide bonds. The molecule has 100 valence electrons. The monoisotopic (exact) mass is 270 g/mol. The molecule has 0 aliphatic rings. The molecule has 0 radical (unpaired) electrons. The predicted octanol–water partition coefficient (Wildman–Crippen LogP) is 2.31. The smallest absolute Gasteiger partial charge is 0.274 e. The number of rotatable bonds is 3. The van der Waals surface area contributed by atoms with Crippen LogP contribution in [0.15, 0.2) is 42.6 Å². The average Bonchev–Trinajstić information content (AvgIpc) is 2.90. The summed E-state index contributed by atoms with van der Waals surface area (Å²) in [7, 11) is 1.60. The maximum Gasteiger partial charge on any atom is 0.274 e. The first kappa shape index (κ1) is 12.1. The van der Waals surface area contributed by atoms with Gasteiger partial charge in [-0.1, -0.05) is 0 Å². The van der Waals surface area contributed by atoms with E-state index in [1.54, 1.807) is 17.7 Å². The molecule has 7 heteroatoms. The molecule has 0 saturated heterocycles. The van der Waals surface area contributed by atoms with Crippen LogP contribution >= 0.6 is 0 Å². The Morgan fingerprint density at radius 3 is 2.60 bits per heavy atom. The SMILES string of the molecule is COc1ccc(-c2nnc3cc([N+](=O)[O-])ccn23)cc1. The number of methoxy groups -OCH3 is 1. The highest BCUT2D eigenvalue weighted by Gasteiger charge is 2.12. The normalized spacial score (nSPS) is 10.7. The van der Waals surface area contributed by atoms with Crippen molar-refractivity contribution in [3.63, 3.8) is 0 Å². The highest BCUT2D eigenvalue weighted by atomic mass is 16.6. The maximum absolute atomic E-state index is 10.7. The highest BCUT2D eigenvalue weighted by molar-refractivity contribution is 5.61. The van der Waals surface area contributed by atoms with E-state index in [9.17, 15) is 10.1 Å². The Morgan fingerprint density at radius 2 is 1.95 bits per heavy atom. The molecular weight excluding hydrogens is 260 g/mol. The van der Waals surface area contributed by atoms with Crippen molar-refractivity contribution in [1.29, 1.82) is 0 Å². The van der Waals surface area contributed by atoms with E-state index >= 15 is 0 Å². The van der Waals surface area contributed by atoms with Gasteiger partial charge in [0.15, 0.2) is 11.5 Å². The van der Waals surface area contributed by atoms with Crippen molar-refractivity contribution in [3.05, 3.63) is 52.7 Å². The molecule has 0 aliphatic carbocycles. The summed E-state index contributed by atoms with van der Waals surface area (Å²) in [5, 5.41) is 18.8. The Labute approximate surface area is 113 Å². The number of hydrogen-bond acceptors (Lipinski definition) is 5. The molecule has 1 aromatic carbocycles.